The van der Waals surface area contributed by atoms with Gasteiger partial charge in [-0.3, -0.25) is 9.59 Å². The lowest BCUT2D eigenvalue weighted by atomic mass is 9.99. The summed E-state index contributed by atoms with van der Waals surface area (Å²) in [5, 5.41) is 9.79. The van der Waals surface area contributed by atoms with Crippen LogP contribution in [0.4, 0.5) is 0 Å². The number of fused-ring (bicyclic) bond motifs is 1. The van der Waals surface area contributed by atoms with Crippen molar-refractivity contribution in [3.63, 3.8) is 0 Å². The molecule has 1 aliphatic rings. The Morgan fingerprint density at radius 3 is 2.80 bits per heavy atom. The summed E-state index contributed by atoms with van der Waals surface area (Å²) in [6.07, 6.45) is 1.45. The molecule has 1 aromatic heterocycles. The fraction of sp³-hybridized carbons (Fsp3) is 0.444. The van der Waals surface area contributed by atoms with Gasteiger partial charge in [0.25, 0.3) is 5.91 Å². The molecule has 186 valence electrons. The van der Waals surface area contributed by atoms with Gasteiger partial charge in [0.2, 0.25) is 11.8 Å². The third-order valence-corrected chi connectivity index (χ3v) is 6.05. The van der Waals surface area contributed by atoms with Crippen molar-refractivity contribution >= 4 is 11.8 Å². The summed E-state index contributed by atoms with van der Waals surface area (Å²) < 4.78 is 11.2. The third-order valence-electron chi connectivity index (χ3n) is 6.05. The Morgan fingerprint density at radius 2 is 2.11 bits per heavy atom. The summed E-state index contributed by atoms with van der Waals surface area (Å²) in [4.78, 5) is 34.0. The van der Waals surface area contributed by atoms with E-state index in [9.17, 15) is 14.7 Å². The standard InChI is InChI=1S/C27H33N3O5/c1-19-16-30(20(2)18-31)27(33)23-13-22(11-8-12-34-4)15-28-26(23)35-24(19)17-29(3)25(32)14-21-9-6-5-7-10-21/h5-7,9-10,13,15,19-20,24,31H,12,14,16-18H2,1-4H3/t19-,20-,24+/m0/s1. The van der Waals surface area contributed by atoms with Crippen LogP contribution in [-0.2, 0) is 16.0 Å². The number of aliphatic hydroxyl groups excluding tert-OH is 1. The van der Waals surface area contributed by atoms with Crippen molar-refractivity contribution in [2.45, 2.75) is 32.4 Å². The molecule has 0 bridgehead atoms. The van der Waals surface area contributed by atoms with Crippen molar-refractivity contribution in [3.8, 4) is 17.7 Å². The van der Waals surface area contributed by atoms with E-state index in [1.54, 1.807) is 43.1 Å². The number of benzene rings is 1. The molecule has 0 radical (unpaired) electrons. The average molecular weight is 480 g/mol. The predicted octanol–water partition coefficient (Wildman–Crippen LogP) is 2.00. The second-order valence-electron chi connectivity index (χ2n) is 8.87. The minimum Gasteiger partial charge on any atom is -0.472 e. The first-order valence-electron chi connectivity index (χ1n) is 11.7. The van der Waals surface area contributed by atoms with Gasteiger partial charge in [-0.2, -0.15) is 0 Å². The summed E-state index contributed by atoms with van der Waals surface area (Å²) in [5.41, 5.74) is 1.79. The zero-order valence-electron chi connectivity index (χ0n) is 20.7. The lowest BCUT2D eigenvalue weighted by Gasteiger charge is -2.37. The van der Waals surface area contributed by atoms with Crippen LogP contribution in [0, 0.1) is 17.8 Å². The van der Waals surface area contributed by atoms with E-state index in [1.165, 1.54) is 0 Å². The summed E-state index contributed by atoms with van der Waals surface area (Å²) in [6.45, 7) is 4.56. The van der Waals surface area contributed by atoms with Crippen molar-refractivity contribution < 1.29 is 24.2 Å². The lowest BCUT2D eigenvalue weighted by Crippen LogP contribution is -2.50. The minimum atomic E-state index is -0.405. The molecule has 8 heteroatoms. The summed E-state index contributed by atoms with van der Waals surface area (Å²) in [5.74, 6) is 5.58. The zero-order valence-corrected chi connectivity index (χ0v) is 20.7. The number of aliphatic hydroxyl groups is 1. The largest absolute Gasteiger partial charge is 0.472 e. The van der Waals surface area contributed by atoms with E-state index >= 15 is 0 Å². The Labute approximate surface area is 206 Å². The Morgan fingerprint density at radius 1 is 1.37 bits per heavy atom. The average Bonchev–Trinajstić information content (AvgIpc) is 2.86. The maximum atomic E-state index is 13.4. The van der Waals surface area contributed by atoms with E-state index in [1.807, 2.05) is 37.3 Å². The van der Waals surface area contributed by atoms with Crippen molar-refractivity contribution in [1.82, 2.24) is 14.8 Å². The van der Waals surface area contributed by atoms with Crippen LogP contribution in [0.5, 0.6) is 5.88 Å². The molecule has 3 atom stereocenters. The number of nitrogens with zero attached hydrogens (tertiary/aromatic N) is 3. The molecular weight excluding hydrogens is 446 g/mol. The number of aromatic nitrogens is 1. The summed E-state index contributed by atoms with van der Waals surface area (Å²) >= 11 is 0. The van der Waals surface area contributed by atoms with E-state index in [4.69, 9.17) is 9.47 Å². The highest BCUT2D eigenvalue weighted by Crippen LogP contribution is 2.27. The lowest BCUT2D eigenvalue weighted by molar-refractivity contribution is -0.130. The molecule has 1 N–H and O–H groups in total. The number of rotatable bonds is 7. The van der Waals surface area contributed by atoms with E-state index in [0.717, 1.165) is 5.56 Å². The topological polar surface area (TPSA) is 92.2 Å². The van der Waals surface area contributed by atoms with Crippen LogP contribution in [0.25, 0.3) is 0 Å². The molecule has 2 heterocycles. The Bertz CT molecular complexity index is 1080. The number of likely N-dealkylation sites (N-methyl/N-ethyl adjacent to an activating group) is 1. The Balaban J connectivity index is 1.87. The number of methoxy groups -OCH3 is 1. The number of hydrogen-bond acceptors (Lipinski definition) is 6. The smallest absolute Gasteiger partial charge is 0.259 e. The van der Waals surface area contributed by atoms with Gasteiger partial charge in [0.1, 0.15) is 18.3 Å². The van der Waals surface area contributed by atoms with Gasteiger partial charge in [-0.25, -0.2) is 4.98 Å². The molecule has 35 heavy (non-hydrogen) atoms. The van der Waals surface area contributed by atoms with Crippen LogP contribution in [0.2, 0.25) is 0 Å². The van der Waals surface area contributed by atoms with Gasteiger partial charge in [-0.1, -0.05) is 49.1 Å². The Hall–Kier alpha value is -3.41. The summed E-state index contributed by atoms with van der Waals surface area (Å²) in [7, 11) is 3.31. The van der Waals surface area contributed by atoms with Crippen molar-refractivity contribution in [2.75, 3.05) is 40.5 Å². The predicted molar refractivity (Wildman–Crippen MR) is 132 cm³/mol. The molecule has 1 aromatic carbocycles. The first-order chi connectivity index (χ1) is 16.8. The number of hydrogen-bond donors (Lipinski definition) is 1. The molecule has 0 fully saturated rings. The second kappa shape index (κ2) is 12.3. The van der Waals surface area contributed by atoms with Gasteiger partial charge in [-0.15, -0.1) is 0 Å². The van der Waals surface area contributed by atoms with E-state index in [0.29, 0.717) is 25.1 Å². The quantitative estimate of drug-likeness (QED) is 0.611. The molecule has 0 aliphatic carbocycles. The molecule has 1 aliphatic heterocycles. The number of amides is 2. The van der Waals surface area contributed by atoms with E-state index < -0.39 is 12.1 Å². The van der Waals surface area contributed by atoms with Crippen LogP contribution in [-0.4, -0.2) is 84.3 Å². The molecule has 8 nitrogen and oxygen atoms in total. The monoisotopic (exact) mass is 479 g/mol. The van der Waals surface area contributed by atoms with Crippen LogP contribution in [0.15, 0.2) is 42.6 Å². The highest BCUT2D eigenvalue weighted by atomic mass is 16.5. The molecule has 0 saturated carbocycles. The zero-order chi connectivity index (χ0) is 25.4. The molecule has 3 rings (SSSR count). The molecular formula is C27H33N3O5. The number of ether oxygens (including phenoxy) is 2. The normalized spacial score (nSPS) is 18.3. The van der Waals surface area contributed by atoms with Gasteiger partial charge in [0, 0.05) is 38.4 Å². The third kappa shape index (κ3) is 6.81. The van der Waals surface area contributed by atoms with Gasteiger partial charge >= 0.3 is 0 Å². The minimum absolute atomic E-state index is 0.0253. The molecule has 0 saturated heterocycles. The number of carbonyl (C=O) groups excluding carboxylic acids is 2. The van der Waals surface area contributed by atoms with E-state index in [-0.39, 0.29) is 42.4 Å². The van der Waals surface area contributed by atoms with Crippen LogP contribution < -0.4 is 4.74 Å². The van der Waals surface area contributed by atoms with Crippen LogP contribution in [0.1, 0.15) is 35.3 Å². The number of pyridine rings is 1. The van der Waals surface area contributed by atoms with Gasteiger partial charge in [0.15, 0.2) is 0 Å². The fourth-order valence-electron chi connectivity index (χ4n) is 3.88. The Kier molecular flexibility index (Phi) is 9.24. The van der Waals surface area contributed by atoms with Crippen molar-refractivity contribution in [1.29, 1.82) is 0 Å². The fourth-order valence-corrected chi connectivity index (χ4v) is 3.88. The number of carbonyl (C=O) groups is 2. The van der Waals surface area contributed by atoms with Crippen LogP contribution >= 0.6 is 0 Å². The van der Waals surface area contributed by atoms with Gasteiger partial charge in [0.05, 0.1) is 25.6 Å². The first-order valence-corrected chi connectivity index (χ1v) is 11.7. The summed E-state index contributed by atoms with van der Waals surface area (Å²) in [6, 6.07) is 10.8. The maximum absolute atomic E-state index is 13.4. The van der Waals surface area contributed by atoms with Gasteiger partial charge < -0.3 is 24.4 Å². The first kappa shape index (κ1) is 26.2. The second-order valence-corrected chi connectivity index (χ2v) is 8.87. The SMILES string of the molecule is COCC#Cc1cnc2c(c1)C(=O)N([C@@H](C)CO)C[C@H](C)[C@@H](CN(C)C(=O)Cc1ccccc1)O2. The molecule has 0 spiro atoms. The van der Waals surface area contributed by atoms with Crippen molar-refractivity contribution in [3.05, 3.63) is 59.3 Å². The van der Waals surface area contributed by atoms with E-state index in [2.05, 4.69) is 16.8 Å². The molecule has 0 unspecified atom stereocenters. The molecule has 2 aromatic rings. The highest BCUT2D eigenvalue weighted by Gasteiger charge is 2.34. The maximum Gasteiger partial charge on any atom is 0.259 e. The van der Waals surface area contributed by atoms with Crippen LogP contribution in [0.3, 0.4) is 0 Å². The highest BCUT2D eigenvalue weighted by molar-refractivity contribution is 5.97. The molecule has 2 amide bonds. The van der Waals surface area contributed by atoms with Crippen molar-refractivity contribution in [2.24, 2.45) is 5.92 Å². The van der Waals surface area contributed by atoms with Gasteiger partial charge in [-0.05, 0) is 18.6 Å².